The standard InChI is InChI=1S/C23H19Cl2N5O2/c1-14-18(22(31)29-26-12-16-7-3-5-9-20(16)24)11-19(15(2)28-14)23(32)30-27-13-17-8-4-6-10-21(17)25/h3-13H,1-2H3,(H,29,31)(H,30,32)/b26-12+,27-13+. The molecule has 0 aliphatic rings. The third kappa shape index (κ3) is 5.78. The quantitative estimate of drug-likeness (QED) is 0.411. The normalized spacial score (nSPS) is 11.1. The van der Waals surface area contributed by atoms with E-state index in [1.807, 2.05) is 12.1 Å². The third-order valence-electron chi connectivity index (χ3n) is 4.44. The van der Waals surface area contributed by atoms with E-state index in [9.17, 15) is 9.59 Å². The summed E-state index contributed by atoms with van der Waals surface area (Å²) in [7, 11) is 0. The van der Waals surface area contributed by atoms with Crippen LogP contribution in [0.25, 0.3) is 0 Å². The number of hydrazone groups is 2. The third-order valence-corrected chi connectivity index (χ3v) is 5.13. The van der Waals surface area contributed by atoms with Gasteiger partial charge in [0, 0.05) is 21.2 Å². The maximum atomic E-state index is 12.6. The minimum absolute atomic E-state index is 0.215. The SMILES string of the molecule is Cc1nc(C)c(C(=O)N/N=C/c2ccccc2Cl)cc1C(=O)N/N=C/c1ccccc1Cl. The van der Waals surface area contributed by atoms with Gasteiger partial charge in [-0.25, -0.2) is 10.9 Å². The number of aromatic nitrogens is 1. The molecule has 32 heavy (non-hydrogen) atoms. The van der Waals surface area contributed by atoms with Crippen molar-refractivity contribution in [3.8, 4) is 0 Å². The molecular weight excluding hydrogens is 449 g/mol. The van der Waals surface area contributed by atoms with Gasteiger partial charge in [0.1, 0.15) is 0 Å². The highest BCUT2D eigenvalue weighted by Gasteiger charge is 2.17. The summed E-state index contributed by atoms with van der Waals surface area (Å²) in [5, 5.41) is 8.89. The first-order valence-electron chi connectivity index (χ1n) is 9.51. The number of nitrogens with one attached hydrogen (secondary N) is 2. The van der Waals surface area contributed by atoms with Crippen LogP contribution in [0.15, 0.2) is 64.8 Å². The molecule has 0 spiro atoms. The summed E-state index contributed by atoms with van der Waals surface area (Å²) in [6.07, 6.45) is 2.88. The van der Waals surface area contributed by atoms with Gasteiger partial charge in [0.15, 0.2) is 0 Å². The predicted molar refractivity (Wildman–Crippen MR) is 127 cm³/mol. The molecule has 0 aliphatic heterocycles. The van der Waals surface area contributed by atoms with Crippen LogP contribution >= 0.6 is 23.2 Å². The van der Waals surface area contributed by atoms with Gasteiger partial charge in [0.25, 0.3) is 11.8 Å². The lowest BCUT2D eigenvalue weighted by atomic mass is 10.1. The zero-order valence-corrected chi connectivity index (χ0v) is 18.8. The number of carbonyl (C=O) groups is 2. The number of halogens is 2. The van der Waals surface area contributed by atoms with Crippen molar-refractivity contribution in [2.24, 2.45) is 10.2 Å². The van der Waals surface area contributed by atoms with Gasteiger partial charge in [-0.05, 0) is 32.0 Å². The second-order valence-electron chi connectivity index (χ2n) is 6.70. The van der Waals surface area contributed by atoms with Gasteiger partial charge in [-0.1, -0.05) is 59.6 Å². The summed E-state index contributed by atoms with van der Waals surface area (Å²) < 4.78 is 0. The van der Waals surface area contributed by atoms with Crippen LogP contribution in [0.2, 0.25) is 10.0 Å². The average molecular weight is 468 g/mol. The lowest BCUT2D eigenvalue weighted by Gasteiger charge is -2.09. The number of nitrogens with zero attached hydrogens (tertiary/aromatic N) is 3. The molecule has 0 saturated carbocycles. The Labute approximate surface area is 195 Å². The molecule has 1 heterocycles. The van der Waals surface area contributed by atoms with Crippen molar-refractivity contribution in [3.05, 3.63) is 98.3 Å². The summed E-state index contributed by atoms with van der Waals surface area (Å²) in [5.74, 6) is -1.01. The summed E-state index contributed by atoms with van der Waals surface area (Å²) in [6.45, 7) is 3.36. The zero-order valence-electron chi connectivity index (χ0n) is 17.3. The van der Waals surface area contributed by atoms with Crippen LogP contribution in [-0.2, 0) is 0 Å². The number of rotatable bonds is 6. The molecule has 0 saturated heterocycles. The molecule has 0 aliphatic carbocycles. The topological polar surface area (TPSA) is 95.8 Å². The van der Waals surface area contributed by atoms with Gasteiger partial charge in [-0.15, -0.1) is 0 Å². The Hall–Kier alpha value is -3.55. The number of amides is 2. The first-order chi connectivity index (χ1) is 15.4. The number of hydrogen-bond acceptors (Lipinski definition) is 5. The maximum absolute atomic E-state index is 12.6. The Morgan fingerprint density at radius 1 is 0.781 bits per heavy atom. The van der Waals surface area contributed by atoms with Gasteiger partial charge >= 0.3 is 0 Å². The van der Waals surface area contributed by atoms with Gasteiger partial charge in [0.2, 0.25) is 0 Å². The van der Waals surface area contributed by atoms with Crippen LogP contribution < -0.4 is 10.9 Å². The van der Waals surface area contributed by atoms with E-state index < -0.39 is 11.8 Å². The van der Waals surface area contributed by atoms with Crippen molar-refractivity contribution < 1.29 is 9.59 Å². The summed E-state index contributed by atoms with van der Waals surface area (Å²) in [6, 6.07) is 15.6. The number of hydrogen-bond donors (Lipinski definition) is 2. The molecule has 2 amide bonds. The van der Waals surface area contributed by atoms with Crippen molar-refractivity contribution in [3.63, 3.8) is 0 Å². The van der Waals surface area contributed by atoms with E-state index >= 15 is 0 Å². The fraction of sp³-hybridized carbons (Fsp3) is 0.0870. The molecular formula is C23H19Cl2N5O2. The van der Waals surface area contributed by atoms with Crippen molar-refractivity contribution >= 4 is 47.4 Å². The Morgan fingerprint density at radius 2 is 1.19 bits per heavy atom. The molecule has 1 aromatic heterocycles. The predicted octanol–water partition coefficient (Wildman–Crippen LogP) is 4.53. The van der Waals surface area contributed by atoms with Crippen LogP contribution in [0, 0.1) is 13.8 Å². The van der Waals surface area contributed by atoms with Crippen molar-refractivity contribution in [2.75, 3.05) is 0 Å². The van der Waals surface area contributed by atoms with Crippen molar-refractivity contribution in [2.45, 2.75) is 13.8 Å². The Kier molecular flexibility index (Phi) is 7.70. The van der Waals surface area contributed by atoms with Gasteiger partial charge < -0.3 is 0 Å². The Balaban J connectivity index is 1.73. The number of carbonyl (C=O) groups excluding carboxylic acids is 2. The number of aryl methyl sites for hydroxylation is 2. The van der Waals surface area contributed by atoms with Crippen molar-refractivity contribution in [1.29, 1.82) is 0 Å². The summed E-state index contributed by atoms with van der Waals surface area (Å²) in [5.41, 5.74) is 7.52. The molecule has 2 aromatic carbocycles. The van der Waals surface area contributed by atoms with E-state index in [0.717, 1.165) is 0 Å². The second-order valence-corrected chi connectivity index (χ2v) is 7.51. The zero-order chi connectivity index (χ0) is 23.1. The number of benzene rings is 2. The van der Waals surface area contributed by atoms with Crippen LogP contribution in [0.4, 0.5) is 0 Å². The molecule has 2 N–H and O–H groups in total. The molecule has 7 nitrogen and oxygen atoms in total. The van der Waals surface area contributed by atoms with E-state index in [2.05, 4.69) is 26.0 Å². The molecule has 0 bridgehead atoms. The van der Waals surface area contributed by atoms with E-state index in [4.69, 9.17) is 23.2 Å². The Morgan fingerprint density at radius 3 is 1.59 bits per heavy atom. The monoisotopic (exact) mass is 467 g/mol. The van der Waals surface area contributed by atoms with E-state index in [0.29, 0.717) is 32.6 Å². The highest BCUT2D eigenvalue weighted by molar-refractivity contribution is 6.33. The molecule has 0 atom stereocenters. The highest BCUT2D eigenvalue weighted by Crippen LogP contribution is 2.15. The minimum atomic E-state index is -0.507. The number of pyridine rings is 1. The molecule has 162 valence electrons. The minimum Gasteiger partial charge on any atom is -0.267 e. The average Bonchev–Trinajstić information content (AvgIpc) is 2.76. The Bertz CT molecular complexity index is 1130. The van der Waals surface area contributed by atoms with E-state index in [1.54, 1.807) is 50.2 Å². The van der Waals surface area contributed by atoms with Gasteiger partial charge in [-0.3, -0.25) is 14.6 Å². The first-order valence-corrected chi connectivity index (χ1v) is 10.3. The maximum Gasteiger partial charge on any atom is 0.273 e. The van der Waals surface area contributed by atoms with Crippen molar-refractivity contribution in [1.82, 2.24) is 15.8 Å². The molecule has 0 fully saturated rings. The molecule has 0 unspecified atom stereocenters. The van der Waals surface area contributed by atoms with Crippen LogP contribution in [0.1, 0.15) is 43.2 Å². The lowest BCUT2D eigenvalue weighted by Crippen LogP contribution is -2.23. The van der Waals surface area contributed by atoms with E-state index in [1.165, 1.54) is 18.5 Å². The van der Waals surface area contributed by atoms with Crippen LogP contribution in [0.5, 0.6) is 0 Å². The van der Waals surface area contributed by atoms with E-state index in [-0.39, 0.29) is 11.1 Å². The molecule has 3 rings (SSSR count). The first kappa shape index (κ1) is 23.1. The summed E-state index contributed by atoms with van der Waals surface area (Å²) >= 11 is 12.1. The molecule has 0 radical (unpaired) electrons. The van der Waals surface area contributed by atoms with Gasteiger partial charge in [-0.2, -0.15) is 10.2 Å². The fourth-order valence-corrected chi connectivity index (χ4v) is 3.15. The van der Waals surface area contributed by atoms with Crippen LogP contribution in [0.3, 0.4) is 0 Å². The van der Waals surface area contributed by atoms with Gasteiger partial charge in [0.05, 0.1) is 34.9 Å². The highest BCUT2D eigenvalue weighted by atomic mass is 35.5. The summed E-state index contributed by atoms with van der Waals surface area (Å²) in [4.78, 5) is 29.5. The largest absolute Gasteiger partial charge is 0.273 e. The molecule has 3 aromatic rings. The fourth-order valence-electron chi connectivity index (χ4n) is 2.79. The van der Waals surface area contributed by atoms with Crippen LogP contribution in [-0.4, -0.2) is 29.2 Å². The molecule has 9 heteroatoms. The smallest absolute Gasteiger partial charge is 0.267 e. The lowest BCUT2D eigenvalue weighted by molar-refractivity contribution is 0.0954. The second kappa shape index (κ2) is 10.7.